The molecule has 0 aliphatic rings. The Bertz CT molecular complexity index is 725. The molecule has 132 valence electrons. The summed E-state index contributed by atoms with van der Waals surface area (Å²) in [6.45, 7) is 7.73. The van der Waals surface area contributed by atoms with E-state index >= 15 is 0 Å². The first kappa shape index (κ1) is 18.7. The Morgan fingerprint density at radius 1 is 1.24 bits per heavy atom. The maximum Gasteiger partial charge on any atom is 0.247 e. The number of anilines is 1. The van der Waals surface area contributed by atoms with Gasteiger partial charge in [-0.3, -0.25) is 4.79 Å². The lowest BCUT2D eigenvalue weighted by molar-refractivity contribution is -0.111. The number of amides is 1. The van der Waals surface area contributed by atoms with E-state index in [2.05, 4.69) is 25.7 Å². The molecule has 1 unspecified atom stereocenters. The van der Waals surface area contributed by atoms with Crippen molar-refractivity contribution in [2.24, 2.45) is 0 Å². The van der Waals surface area contributed by atoms with Crippen molar-refractivity contribution in [1.82, 2.24) is 0 Å². The maximum absolute atomic E-state index is 14.2. The summed E-state index contributed by atoms with van der Waals surface area (Å²) in [6, 6.07) is 12.1. The second-order valence-electron chi connectivity index (χ2n) is 5.90. The lowest BCUT2D eigenvalue weighted by Crippen LogP contribution is -2.07. The Balaban J connectivity index is 2.09. The molecule has 1 atom stereocenters. The number of hydrogen-bond donors (Lipinski definition) is 1. The molecule has 0 radical (unpaired) electrons. The minimum atomic E-state index is -0.539. The average molecular weight is 341 g/mol. The average Bonchev–Trinajstić information content (AvgIpc) is 2.62. The molecule has 2 rings (SSSR count). The van der Waals surface area contributed by atoms with Crippen molar-refractivity contribution in [2.75, 3.05) is 5.32 Å². The molecule has 1 amide bonds. The van der Waals surface area contributed by atoms with Crippen LogP contribution in [0.5, 0.6) is 11.5 Å². The summed E-state index contributed by atoms with van der Waals surface area (Å²) in [6.07, 6.45) is 4.53. The van der Waals surface area contributed by atoms with Gasteiger partial charge in [0.2, 0.25) is 5.91 Å². The molecule has 1 N–H and O–H groups in total. The van der Waals surface area contributed by atoms with E-state index in [9.17, 15) is 9.18 Å². The van der Waals surface area contributed by atoms with Crippen molar-refractivity contribution in [1.29, 1.82) is 0 Å². The highest BCUT2D eigenvalue weighted by molar-refractivity contribution is 5.98. The Morgan fingerprint density at radius 3 is 2.52 bits per heavy atom. The van der Waals surface area contributed by atoms with Gasteiger partial charge in [0.05, 0.1) is 0 Å². The SMILES string of the molecule is C=CC(=O)Nc1ccc(Oc2ccc(C(CC)CCC)cc2)c(F)c1. The highest BCUT2D eigenvalue weighted by Crippen LogP contribution is 2.30. The van der Waals surface area contributed by atoms with Crippen molar-refractivity contribution in [3.8, 4) is 11.5 Å². The van der Waals surface area contributed by atoms with Crippen LogP contribution in [0.25, 0.3) is 0 Å². The van der Waals surface area contributed by atoms with Crippen molar-refractivity contribution in [3.63, 3.8) is 0 Å². The second kappa shape index (κ2) is 9.02. The molecule has 0 aliphatic carbocycles. The summed E-state index contributed by atoms with van der Waals surface area (Å²) in [5.74, 6) is 0.315. The normalized spacial score (nSPS) is 11.6. The molecule has 2 aromatic rings. The van der Waals surface area contributed by atoms with Gasteiger partial charge in [-0.2, -0.15) is 0 Å². The first-order valence-corrected chi connectivity index (χ1v) is 8.58. The molecular formula is C21H24FNO2. The lowest BCUT2D eigenvalue weighted by atomic mass is 9.92. The molecule has 0 bridgehead atoms. The highest BCUT2D eigenvalue weighted by Gasteiger charge is 2.10. The number of carbonyl (C=O) groups excluding carboxylic acids is 1. The topological polar surface area (TPSA) is 38.3 Å². The molecule has 0 aliphatic heterocycles. The van der Waals surface area contributed by atoms with Crippen molar-refractivity contribution in [3.05, 3.63) is 66.5 Å². The molecule has 0 heterocycles. The van der Waals surface area contributed by atoms with Crippen LogP contribution < -0.4 is 10.1 Å². The van der Waals surface area contributed by atoms with E-state index in [-0.39, 0.29) is 11.7 Å². The molecule has 4 heteroatoms. The Hall–Kier alpha value is -2.62. The van der Waals surface area contributed by atoms with E-state index in [1.54, 1.807) is 6.07 Å². The zero-order valence-corrected chi connectivity index (χ0v) is 14.7. The number of benzene rings is 2. The van der Waals surface area contributed by atoms with Crippen LogP contribution in [0.1, 0.15) is 44.6 Å². The molecule has 2 aromatic carbocycles. The summed E-state index contributed by atoms with van der Waals surface area (Å²) >= 11 is 0. The quantitative estimate of drug-likeness (QED) is 0.595. The summed E-state index contributed by atoms with van der Waals surface area (Å²) in [5.41, 5.74) is 1.63. The van der Waals surface area contributed by atoms with E-state index in [1.807, 2.05) is 24.3 Å². The van der Waals surface area contributed by atoms with Gasteiger partial charge in [-0.1, -0.05) is 39.0 Å². The van der Waals surface area contributed by atoms with Crippen LogP contribution in [0.4, 0.5) is 10.1 Å². The predicted octanol–water partition coefficient (Wildman–Crippen LogP) is 6.04. The maximum atomic E-state index is 14.2. The first-order chi connectivity index (χ1) is 12.1. The van der Waals surface area contributed by atoms with Crippen LogP contribution in [0.2, 0.25) is 0 Å². The third-order valence-corrected chi connectivity index (χ3v) is 4.09. The number of nitrogens with one attached hydrogen (secondary N) is 1. The van der Waals surface area contributed by atoms with Crippen LogP contribution in [0, 0.1) is 5.82 Å². The van der Waals surface area contributed by atoms with Gasteiger partial charge in [0.25, 0.3) is 0 Å². The van der Waals surface area contributed by atoms with Gasteiger partial charge in [0.15, 0.2) is 11.6 Å². The van der Waals surface area contributed by atoms with Gasteiger partial charge < -0.3 is 10.1 Å². The Labute approximate surface area is 148 Å². The molecule has 0 saturated carbocycles. The summed E-state index contributed by atoms with van der Waals surface area (Å²) in [4.78, 5) is 11.2. The largest absolute Gasteiger partial charge is 0.454 e. The van der Waals surface area contributed by atoms with Gasteiger partial charge in [-0.05, 0) is 54.7 Å². The van der Waals surface area contributed by atoms with Gasteiger partial charge in [0, 0.05) is 11.8 Å². The third-order valence-electron chi connectivity index (χ3n) is 4.09. The zero-order chi connectivity index (χ0) is 18.2. The van der Waals surface area contributed by atoms with Gasteiger partial charge in [-0.25, -0.2) is 4.39 Å². The number of halogens is 1. The van der Waals surface area contributed by atoms with Crippen molar-refractivity contribution in [2.45, 2.75) is 39.0 Å². The number of rotatable bonds is 8. The predicted molar refractivity (Wildman–Crippen MR) is 99.7 cm³/mol. The monoisotopic (exact) mass is 341 g/mol. The van der Waals surface area contributed by atoms with Crippen LogP contribution in [-0.2, 0) is 4.79 Å². The van der Waals surface area contributed by atoms with E-state index in [4.69, 9.17) is 4.74 Å². The second-order valence-corrected chi connectivity index (χ2v) is 5.90. The van der Waals surface area contributed by atoms with E-state index < -0.39 is 5.82 Å². The molecule has 0 spiro atoms. The van der Waals surface area contributed by atoms with Crippen molar-refractivity contribution >= 4 is 11.6 Å². The third kappa shape index (κ3) is 5.18. The van der Waals surface area contributed by atoms with E-state index in [0.29, 0.717) is 17.4 Å². The number of hydrogen-bond acceptors (Lipinski definition) is 2. The smallest absolute Gasteiger partial charge is 0.247 e. The molecule has 25 heavy (non-hydrogen) atoms. The van der Waals surface area contributed by atoms with Gasteiger partial charge >= 0.3 is 0 Å². The first-order valence-electron chi connectivity index (χ1n) is 8.58. The molecule has 0 fully saturated rings. The molecule has 3 nitrogen and oxygen atoms in total. The molecular weight excluding hydrogens is 317 g/mol. The highest BCUT2D eigenvalue weighted by atomic mass is 19.1. The fourth-order valence-electron chi connectivity index (χ4n) is 2.74. The van der Waals surface area contributed by atoms with Gasteiger partial charge in [-0.15, -0.1) is 0 Å². The van der Waals surface area contributed by atoms with Crippen LogP contribution >= 0.6 is 0 Å². The fourth-order valence-corrected chi connectivity index (χ4v) is 2.74. The van der Waals surface area contributed by atoms with E-state index in [1.165, 1.54) is 17.7 Å². The van der Waals surface area contributed by atoms with Crippen LogP contribution in [0.3, 0.4) is 0 Å². The number of carbonyl (C=O) groups is 1. The molecule has 0 saturated heterocycles. The Kier molecular flexibility index (Phi) is 6.75. The fraction of sp³-hybridized carbons (Fsp3) is 0.286. The van der Waals surface area contributed by atoms with Crippen LogP contribution in [-0.4, -0.2) is 5.91 Å². The lowest BCUT2D eigenvalue weighted by Gasteiger charge is -2.15. The van der Waals surface area contributed by atoms with Gasteiger partial charge in [0.1, 0.15) is 5.75 Å². The Morgan fingerprint density at radius 2 is 1.96 bits per heavy atom. The minimum Gasteiger partial charge on any atom is -0.454 e. The van der Waals surface area contributed by atoms with Crippen molar-refractivity contribution < 1.29 is 13.9 Å². The minimum absolute atomic E-state index is 0.116. The summed E-state index contributed by atoms with van der Waals surface area (Å²) in [7, 11) is 0. The number of ether oxygens (including phenoxy) is 1. The van der Waals surface area contributed by atoms with E-state index in [0.717, 1.165) is 25.3 Å². The summed E-state index contributed by atoms with van der Waals surface area (Å²) in [5, 5.41) is 2.51. The standard InChI is InChI=1S/C21H24FNO2/c1-4-7-15(5-2)16-8-11-18(12-9-16)25-20-13-10-17(14-19(20)22)23-21(24)6-3/h6,8-15H,3-5,7H2,1-2H3,(H,23,24). The molecule has 0 aromatic heterocycles. The zero-order valence-electron chi connectivity index (χ0n) is 14.7. The summed E-state index contributed by atoms with van der Waals surface area (Å²) < 4.78 is 19.8. The van der Waals surface area contributed by atoms with Crippen LogP contribution in [0.15, 0.2) is 55.1 Å².